The Morgan fingerprint density at radius 1 is 1.10 bits per heavy atom. The van der Waals surface area contributed by atoms with Crippen LogP contribution in [0.15, 0.2) is 41.3 Å². The van der Waals surface area contributed by atoms with Crippen molar-refractivity contribution in [1.29, 1.82) is 0 Å². The van der Waals surface area contributed by atoms with Gasteiger partial charge in [-0.05, 0) is 24.3 Å². The van der Waals surface area contributed by atoms with Crippen LogP contribution in [0.1, 0.15) is 5.56 Å². The van der Waals surface area contributed by atoms with Crippen molar-refractivity contribution in [2.75, 3.05) is 5.73 Å². The molecule has 2 aromatic carbocycles. The number of anilines is 1. The first-order valence-electron chi connectivity index (χ1n) is 5.52. The predicted molar refractivity (Wildman–Crippen MR) is 73.1 cm³/mol. The second kappa shape index (κ2) is 5.38. The maximum Gasteiger partial charge on any atom is 0.184 e. The number of sulfone groups is 1. The molecule has 0 radical (unpaired) electrons. The third kappa shape index (κ3) is 2.91. The molecular formula is C13H10ClF2NO2S. The summed E-state index contributed by atoms with van der Waals surface area (Å²) < 4.78 is 51.6. The van der Waals surface area contributed by atoms with Gasteiger partial charge in [-0.1, -0.05) is 23.7 Å². The first-order chi connectivity index (χ1) is 9.31. The lowest BCUT2D eigenvalue weighted by molar-refractivity contribution is 0.556. The summed E-state index contributed by atoms with van der Waals surface area (Å²) in [6.45, 7) is 0. The first kappa shape index (κ1) is 14.7. The Hall–Kier alpha value is -1.66. The highest BCUT2D eigenvalue weighted by molar-refractivity contribution is 7.90. The van der Waals surface area contributed by atoms with Crippen molar-refractivity contribution in [2.24, 2.45) is 0 Å². The minimum Gasteiger partial charge on any atom is -0.399 e. The summed E-state index contributed by atoms with van der Waals surface area (Å²) >= 11 is 5.79. The average molecular weight is 318 g/mol. The molecule has 0 aliphatic carbocycles. The highest BCUT2D eigenvalue weighted by atomic mass is 35.5. The van der Waals surface area contributed by atoms with Crippen LogP contribution in [0, 0.1) is 11.6 Å². The third-order valence-electron chi connectivity index (χ3n) is 2.67. The maximum absolute atomic E-state index is 13.6. The van der Waals surface area contributed by atoms with Crippen LogP contribution >= 0.6 is 11.6 Å². The fraction of sp³-hybridized carbons (Fsp3) is 0.0769. The number of nitrogen functional groups attached to an aromatic ring is 1. The van der Waals surface area contributed by atoms with Crippen molar-refractivity contribution in [3.8, 4) is 0 Å². The summed E-state index contributed by atoms with van der Waals surface area (Å²) in [4.78, 5) is -0.169. The quantitative estimate of drug-likeness (QED) is 0.884. The van der Waals surface area contributed by atoms with Gasteiger partial charge >= 0.3 is 0 Å². The average Bonchev–Trinajstić information content (AvgIpc) is 2.34. The predicted octanol–water partition coefficient (Wildman–Crippen LogP) is 3.17. The third-order valence-corrected chi connectivity index (χ3v) is 4.81. The van der Waals surface area contributed by atoms with E-state index in [9.17, 15) is 17.2 Å². The van der Waals surface area contributed by atoms with Gasteiger partial charge < -0.3 is 5.73 Å². The van der Waals surface area contributed by atoms with Crippen molar-refractivity contribution >= 4 is 27.1 Å². The topological polar surface area (TPSA) is 60.2 Å². The molecule has 0 unspecified atom stereocenters. The Kier molecular flexibility index (Phi) is 3.96. The lowest BCUT2D eigenvalue weighted by Gasteiger charge is -2.09. The molecule has 0 atom stereocenters. The molecule has 2 rings (SSSR count). The van der Waals surface area contributed by atoms with E-state index in [0.717, 1.165) is 12.1 Å². The van der Waals surface area contributed by atoms with Crippen molar-refractivity contribution in [2.45, 2.75) is 10.6 Å². The number of halogens is 3. The van der Waals surface area contributed by atoms with E-state index in [1.165, 1.54) is 18.2 Å². The van der Waals surface area contributed by atoms with Gasteiger partial charge in [-0.2, -0.15) is 0 Å². The molecule has 20 heavy (non-hydrogen) atoms. The van der Waals surface area contributed by atoms with Crippen LogP contribution in [0.4, 0.5) is 14.5 Å². The number of benzene rings is 2. The molecule has 3 nitrogen and oxygen atoms in total. The Labute approximate surface area is 119 Å². The molecule has 0 saturated heterocycles. The normalized spacial score (nSPS) is 11.6. The molecule has 0 bridgehead atoms. The number of nitrogens with two attached hydrogens (primary N) is 1. The summed E-state index contributed by atoms with van der Waals surface area (Å²) in [5.74, 6) is -2.83. The van der Waals surface area contributed by atoms with Crippen LogP contribution in [0.3, 0.4) is 0 Å². The molecule has 7 heteroatoms. The second-order valence-corrected chi connectivity index (χ2v) is 6.52. The lowest BCUT2D eigenvalue weighted by Crippen LogP contribution is -2.09. The van der Waals surface area contributed by atoms with Gasteiger partial charge in [0.25, 0.3) is 0 Å². The molecule has 0 fully saturated rings. The molecule has 0 aliphatic heterocycles. The van der Waals surface area contributed by atoms with Crippen molar-refractivity contribution < 1.29 is 17.2 Å². The molecular weight excluding hydrogens is 308 g/mol. The van der Waals surface area contributed by atoms with Gasteiger partial charge in [0.2, 0.25) is 0 Å². The Morgan fingerprint density at radius 3 is 2.20 bits per heavy atom. The van der Waals surface area contributed by atoms with Crippen LogP contribution in [0.2, 0.25) is 5.02 Å². The van der Waals surface area contributed by atoms with Gasteiger partial charge in [0.1, 0.15) is 11.6 Å². The van der Waals surface area contributed by atoms with Gasteiger partial charge in [0.15, 0.2) is 9.84 Å². The van der Waals surface area contributed by atoms with E-state index in [-0.39, 0.29) is 15.6 Å². The van der Waals surface area contributed by atoms with E-state index in [0.29, 0.717) is 0 Å². The zero-order valence-corrected chi connectivity index (χ0v) is 11.7. The molecule has 0 amide bonds. The maximum atomic E-state index is 13.6. The highest BCUT2D eigenvalue weighted by Gasteiger charge is 2.23. The van der Waals surface area contributed by atoms with Gasteiger partial charge in [-0.15, -0.1) is 0 Å². The summed E-state index contributed by atoms with van der Waals surface area (Å²) in [5, 5.41) is 0.00348. The van der Waals surface area contributed by atoms with Gasteiger partial charge in [0.05, 0.1) is 15.7 Å². The molecule has 0 aliphatic rings. The Morgan fingerprint density at radius 2 is 1.65 bits per heavy atom. The molecule has 2 N–H and O–H groups in total. The smallest absolute Gasteiger partial charge is 0.184 e. The van der Waals surface area contributed by atoms with E-state index >= 15 is 0 Å². The zero-order valence-electron chi connectivity index (χ0n) is 10.1. The van der Waals surface area contributed by atoms with E-state index < -0.39 is 32.8 Å². The summed E-state index contributed by atoms with van der Waals surface area (Å²) in [6, 6.07) is 7.47. The first-order valence-corrected chi connectivity index (χ1v) is 7.55. The van der Waals surface area contributed by atoms with Gasteiger partial charge in [0, 0.05) is 11.3 Å². The highest BCUT2D eigenvalue weighted by Crippen LogP contribution is 2.27. The second-order valence-electron chi connectivity index (χ2n) is 4.15. The van der Waals surface area contributed by atoms with Crippen molar-refractivity contribution in [3.63, 3.8) is 0 Å². The minimum absolute atomic E-state index is 0.00348. The van der Waals surface area contributed by atoms with E-state index in [1.54, 1.807) is 6.07 Å². The zero-order chi connectivity index (χ0) is 14.9. The molecule has 0 spiro atoms. The molecule has 0 heterocycles. The van der Waals surface area contributed by atoms with Crippen LogP contribution in [-0.2, 0) is 15.6 Å². The fourth-order valence-corrected chi connectivity index (χ4v) is 3.68. The number of rotatable bonds is 3. The van der Waals surface area contributed by atoms with Gasteiger partial charge in [-0.25, -0.2) is 17.2 Å². The summed E-state index contributed by atoms with van der Waals surface area (Å²) in [6.07, 6.45) is 0. The van der Waals surface area contributed by atoms with Crippen LogP contribution in [-0.4, -0.2) is 8.42 Å². The number of hydrogen-bond donors (Lipinski definition) is 1. The largest absolute Gasteiger partial charge is 0.399 e. The lowest BCUT2D eigenvalue weighted by atomic mass is 10.2. The van der Waals surface area contributed by atoms with Crippen molar-refractivity contribution in [3.05, 3.63) is 58.6 Å². The molecule has 0 aromatic heterocycles. The Balaban J connectivity index is 2.47. The van der Waals surface area contributed by atoms with Crippen LogP contribution < -0.4 is 5.73 Å². The standard InChI is InChI=1S/C13H10ClF2NO2S/c14-10-3-1-2-4-13(10)20(18,19)7-9-11(15)5-8(17)6-12(9)16/h1-6H,7,17H2. The molecule has 106 valence electrons. The summed E-state index contributed by atoms with van der Waals surface area (Å²) in [5.41, 5.74) is 4.61. The SMILES string of the molecule is Nc1cc(F)c(CS(=O)(=O)c2ccccc2Cl)c(F)c1. The fourth-order valence-electron chi connectivity index (χ4n) is 1.73. The monoisotopic (exact) mass is 317 g/mol. The van der Waals surface area contributed by atoms with Crippen LogP contribution in [0.5, 0.6) is 0 Å². The Bertz CT molecular complexity index is 740. The van der Waals surface area contributed by atoms with E-state index in [2.05, 4.69) is 0 Å². The molecule has 0 saturated carbocycles. The van der Waals surface area contributed by atoms with Gasteiger partial charge in [-0.3, -0.25) is 0 Å². The number of hydrogen-bond acceptors (Lipinski definition) is 3. The summed E-state index contributed by atoms with van der Waals surface area (Å²) in [7, 11) is -3.95. The van der Waals surface area contributed by atoms with E-state index in [1.807, 2.05) is 0 Å². The minimum atomic E-state index is -3.95. The molecule has 2 aromatic rings. The van der Waals surface area contributed by atoms with E-state index in [4.69, 9.17) is 17.3 Å². The van der Waals surface area contributed by atoms with Crippen LogP contribution in [0.25, 0.3) is 0 Å². The van der Waals surface area contributed by atoms with Crippen molar-refractivity contribution in [1.82, 2.24) is 0 Å².